The van der Waals surface area contributed by atoms with Crippen LogP contribution in [0, 0.1) is 0 Å². The van der Waals surface area contributed by atoms with Gasteiger partial charge in [0.15, 0.2) is 0 Å². The van der Waals surface area contributed by atoms with Crippen molar-refractivity contribution >= 4 is 40.5 Å². The van der Waals surface area contributed by atoms with Crippen molar-refractivity contribution in [2.24, 2.45) is 0 Å². The fraction of sp³-hybridized carbons (Fsp3) is 0.303. The van der Waals surface area contributed by atoms with Gasteiger partial charge in [-0.1, -0.05) is 55.8 Å². The third-order valence-electron chi connectivity index (χ3n) is 7.20. The van der Waals surface area contributed by atoms with Gasteiger partial charge in [-0.3, -0.25) is 9.69 Å². The van der Waals surface area contributed by atoms with E-state index in [-0.39, 0.29) is 23.9 Å². The lowest BCUT2D eigenvalue weighted by Gasteiger charge is -2.32. The topological polar surface area (TPSA) is 80.8 Å². The molecule has 0 atom stereocenters. The average Bonchev–Trinajstić information content (AvgIpc) is 3.47. The smallest absolute Gasteiger partial charge is 0.337 e. The quantitative estimate of drug-likeness (QED) is 0.198. The van der Waals surface area contributed by atoms with Crippen LogP contribution >= 0.6 is 22.9 Å². The largest absolute Gasteiger partial charge is 0.490 e. The number of carbonyl (C=O) groups is 2. The summed E-state index contributed by atoms with van der Waals surface area (Å²) in [6, 6.07) is 22.5. The van der Waals surface area contributed by atoms with Crippen LogP contribution in [0.25, 0.3) is 10.4 Å². The molecule has 2 heterocycles. The third kappa shape index (κ3) is 7.18. The Balaban J connectivity index is 1.21. The summed E-state index contributed by atoms with van der Waals surface area (Å²) in [5.41, 5.74) is 3.56. The standard InChI is InChI=1S/C33H34ClN3O4S/c1-21(2)32-36-29(30(42-32)22-7-5-4-6-8-22)31(38)35-25-11-14-28(34)24(19-25)20-37-17-15-27(16-18-37)41-26-12-9-23(10-13-26)33(39)40-3/h4-14,19,21,27H,15-18,20H2,1-3H3,(H,35,38). The number of esters is 1. The molecule has 1 amide bonds. The van der Waals surface area contributed by atoms with Crippen molar-refractivity contribution in [3.05, 3.63) is 99.6 Å². The highest BCUT2D eigenvalue weighted by atomic mass is 35.5. The molecule has 1 saturated heterocycles. The number of nitrogens with one attached hydrogen (secondary N) is 1. The molecule has 218 valence electrons. The number of nitrogens with zero attached hydrogens (tertiary/aromatic N) is 2. The van der Waals surface area contributed by atoms with E-state index in [1.54, 1.807) is 35.6 Å². The number of amides is 1. The fourth-order valence-electron chi connectivity index (χ4n) is 4.89. The van der Waals surface area contributed by atoms with Crippen LogP contribution in [0.3, 0.4) is 0 Å². The third-order valence-corrected chi connectivity index (χ3v) is 8.97. The van der Waals surface area contributed by atoms with E-state index in [1.807, 2.05) is 48.5 Å². The second kappa shape index (κ2) is 13.5. The number of halogens is 1. The number of hydrogen-bond donors (Lipinski definition) is 1. The number of carbonyl (C=O) groups excluding carboxylic acids is 2. The lowest BCUT2D eigenvalue weighted by atomic mass is 10.1. The molecule has 7 nitrogen and oxygen atoms in total. The zero-order chi connectivity index (χ0) is 29.6. The minimum absolute atomic E-state index is 0.0963. The maximum absolute atomic E-state index is 13.4. The van der Waals surface area contributed by atoms with Crippen molar-refractivity contribution in [2.45, 2.75) is 45.3 Å². The van der Waals surface area contributed by atoms with Crippen LogP contribution in [0.4, 0.5) is 5.69 Å². The number of anilines is 1. The SMILES string of the molecule is COC(=O)c1ccc(OC2CCN(Cc3cc(NC(=O)c4nc(C(C)C)sc4-c4ccccc4)ccc3Cl)CC2)cc1. The van der Waals surface area contributed by atoms with Gasteiger partial charge in [-0.05, 0) is 66.4 Å². The first-order valence-electron chi connectivity index (χ1n) is 14.0. The molecule has 4 aromatic rings. The second-order valence-corrected chi connectivity index (χ2v) is 12.1. The molecule has 0 unspecified atom stereocenters. The van der Waals surface area contributed by atoms with Crippen LogP contribution in [-0.4, -0.2) is 48.1 Å². The van der Waals surface area contributed by atoms with Crippen LogP contribution in [0.2, 0.25) is 5.02 Å². The maximum atomic E-state index is 13.4. The van der Waals surface area contributed by atoms with Crippen molar-refractivity contribution < 1.29 is 19.1 Å². The van der Waals surface area contributed by atoms with E-state index >= 15 is 0 Å². The predicted molar refractivity (Wildman–Crippen MR) is 168 cm³/mol. The molecule has 0 radical (unpaired) electrons. The number of benzene rings is 3. The summed E-state index contributed by atoms with van der Waals surface area (Å²) in [7, 11) is 1.37. The first-order chi connectivity index (χ1) is 20.3. The lowest BCUT2D eigenvalue weighted by molar-refractivity contribution is 0.0600. The van der Waals surface area contributed by atoms with Crippen LogP contribution in [0.15, 0.2) is 72.8 Å². The van der Waals surface area contributed by atoms with Crippen molar-refractivity contribution in [3.63, 3.8) is 0 Å². The molecule has 0 aliphatic carbocycles. The van der Waals surface area contributed by atoms with E-state index in [0.29, 0.717) is 28.5 Å². The number of thiazole rings is 1. The van der Waals surface area contributed by atoms with Gasteiger partial charge >= 0.3 is 5.97 Å². The van der Waals surface area contributed by atoms with Crippen molar-refractivity contribution in [3.8, 4) is 16.2 Å². The van der Waals surface area contributed by atoms with Gasteiger partial charge in [0.1, 0.15) is 17.5 Å². The number of rotatable bonds is 9. The number of aromatic nitrogens is 1. The Morgan fingerprint density at radius 1 is 1.05 bits per heavy atom. The van der Waals surface area contributed by atoms with Gasteiger partial charge < -0.3 is 14.8 Å². The monoisotopic (exact) mass is 603 g/mol. The van der Waals surface area contributed by atoms with Gasteiger partial charge in [0.25, 0.3) is 5.91 Å². The van der Waals surface area contributed by atoms with E-state index in [1.165, 1.54) is 7.11 Å². The lowest BCUT2D eigenvalue weighted by Crippen LogP contribution is -2.37. The molecular formula is C33H34ClN3O4S. The van der Waals surface area contributed by atoms with Gasteiger partial charge in [0.05, 0.1) is 22.6 Å². The van der Waals surface area contributed by atoms with E-state index in [9.17, 15) is 9.59 Å². The van der Waals surface area contributed by atoms with Crippen LogP contribution in [0.1, 0.15) is 64.0 Å². The van der Waals surface area contributed by atoms with Gasteiger partial charge in [-0.2, -0.15) is 0 Å². The molecule has 3 aromatic carbocycles. The van der Waals surface area contributed by atoms with Crippen molar-refractivity contribution in [1.82, 2.24) is 9.88 Å². The molecule has 9 heteroatoms. The van der Waals surface area contributed by atoms with E-state index in [0.717, 1.165) is 52.7 Å². The molecule has 0 saturated carbocycles. The Morgan fingerprint density at radius 2 is 1.76 bits per heavy atom. The van der Waals surface area contributed by atoms with Gasteiger partial charge in [-0.25, -0.2) is 9.78 Å². The minimum atomic E-state index is -0.363. The fourth-order valence-corrected chi connectivity index (χ4v) is 6.14. The molecule has 0 bridgehead atoms. The van der Waals surface area contributed by atoms with Gasteiger partial charge in [0.2, 0.25) is 0 Å². The summed E-state index contributed by atoms with van der Waals surface area (Å²) in [4.78, 5) is 33.0. The number of methoxy groups -OCH3 is 1. The molecule has 1 aliphatic heterocycles. The summed E-state index contributed by atoms with van der Waals surface area (Å²) in [5.74, 6) is 0.367. The van der Waals surface area contributed by atoms with E-state index in [4.69, 9.17) is 26.1 Å². The van der Waals surface area contributed by atoms with Gasteiger partial charge in [-0.15, -0.1) is 11.3 Å². The Labute approximate surface area is 255 Å². The molecule has 1 fully saturated rings. The highest BCUT2D eigenvalue weighted by Gasteiger charge is 2.23. The van der Waals surface area contributed by atoms with Crippen molar-refractivity contribution in [1.29, 1.82) is 0 Å². The highest BCUT2D eigenvalue weighted by molar-refractivity contribution is 7.15. The molecule has 42 heavy (non-hydrogen) atoms. The first-order valence-corrected chi connectivity index (χ1v) is 15.2. The summed E-state index contributed by atoms with van der Waals surface area (Å²) in [6.45, 7) is 6.55. The number of likely N-dealkylation sites (tertiary alicyclic amines) is 1. The highest BCUT2D eigenvalue weighted by Crippen LogP contribution is 2.34. The van der Waals surface area contributed by atoms with Crippen LogP contribution in [0.5, 0.6) is 5.75 Å². The predicted octanol–water partition coefficient (Wildman–Crippen LogP) is 7.67. The zero-order valence-electron chi connectivity index (χ0n) is 23.9. The number of hydrogen-bond acceptors (Lipinski definition) is 7. The second-order valence-electron chi connectivity index (χ2n) is 10.6. The Kier molecular flexibility index (Phi) is 9.57. The summed E-state index contributed by atoms with van der Waals surface area (Å²) < 4.78 is 10.9. The summed E-state index contributed by atoms with van der Waals surface area (Å²) in [5, 5.41) is 4.65. The molecule has 5 rings (SSSR count). The number of ether oxygens (including phenoxy) is 2. The molecular weight excluding hydrogens is 570 g/mol. The Morgan fingerprint density at radius 3 is 2.43 bits per heavy atom. The van der Waals surface area contributed by atoms with E-state index in [2.05, 4.69) is 24.1 Å². The minimum Gasteiger partial charge on any atom is -0.490 e. The summed E-state index contributed by atoms with van der Waals surface area (Å²) in [6.07, 6.45) is 1.84. The number of piperidine rings is 1. The van der Waals surface area contributed by atoms with Gasteiger partial charge in [0, 0.05) is 36.3 Å². The molecule has 0 spiro atoms. The Hall–Kier alpha value is -3.72. The van der Waals surface area contributed by atoms with Crippen molar-refractivity contribution in [2.75, 3.05) is 25.5 Å². The molecule has 1 N–H and O–H groups in total. The first kappa shape index (κ1) is 29.8. The normalized spacial score (nSPS) is 14.1. The Bertz CT molecular complexity index is 1530. The van der Waals surface area contributed by atoms with Crippen LogP contribution in [-0.2, 0) is 11.3 Å². The summed E-state index contributed by atoms with van der Waals surface area (Å²) >= 11 is 8.15. The molecule has 1 aliphatic rings. The molecule has 1 aromatic heterocycles. The average molecular weight is 604 g/mol. The van der Waals surface area contributed by atoms with Crippen LogP contribution < -0.4 is 10.1 Å². The zero-order valence-corrected chi connectivity index (χ0v) is 25.5. The maximum Gasteiger partial charge on any atom is 0.337 e. The van der Waals surface area contributed by atoms with E-state index < -0.39 is 0 Å².